The molecule has 15 heteroatoms. The van der Waals surface area contributed by atoms with E-state index in [2.05, 4.69) is 14.5 Å². The summed E-state index contributed by atoms with van der Waals surface area (Å²) in [6.07, 6.45) is 3.10. The molecular weight excluding hydrogens is 773 g/mol. The molecule has 2 saturated heterocycles. The van der Waals surface area contributed by atoms with E-state index in [9.17, 15) is 39.2 Å². The third-order valence-corrected chi connectivity index (χ3v) is 12.8. The van der Waals surface area contributed by atoms with Crippen LogP contribution in [0.5, 0.6) is 0 Å². The second-order valence-electron chi connectivity index (χ2n) is 13.3. The number of hydrogen-bond acceptors (Lipinski definition) is 9. The van der Waals surface area contributed by atoms with E-state index in [4.69, 9.17) is 5.11 Å². The Morgan fingerprint density at radius 3 is 1.70 bits per heavy atom. The molecule has 4 aromatic carbocycles. The number of piperidine rings is 2. The number of likely N-dealkylation sites (tertiary alicyclic amines) is 2. The molecule has 6 rings (SSSR count). The topological polar surface area (TPSA) is 121 Å². The van der Waals surface area contributed by atoms with Crippen molar-refractivity contribution in [3.8, 4) is 0 Å². The molecule has 2 aliphatic heterocycles. The van der Waals surface area contributed by atoms with Crippen LogP contribution in [-0.2, 0) is 44.3 Å². The maximum Gasteiger partial charge on any atom is 0.337 e. The maximum absolute atomic E-state index is 13.7. The first kappa shape index (κ1) is 44.3. The van der Waals surface area contributed by atoms with Gasteiger partial charge in [-0.3, -0.25) is 0 Å². The number of aliphatic hydroxyl groups is 1. The van der Waals surface area contributed by atoms with Gasteiger partial charge in [0.2, 0.25) is 10.3 Å². The van der Waals surface area contributed by atoms with E-state index >= 15 is 0 Å². The highest BCUT2D eigenvalue weighted by atomic mass is 32.2. The highest BCUT2D eigenvalue weighted by Gasteiger charge is 2.31. The predicted octanol–water partition coefficient (Wildman–Crippen LogP) is 6.07. The molecule has 0 saturated carbocycles. The smallest absolute Gasteiger partial charge is 0.337 e. The average molecular weight is 819 g/mol. The van der Waals surface area contributed by atoms with Crippen LogP contribution in [0.2, 0.25) is 0 Å². The Labute approximate surface area is 327 Å². The van der Waals surface area contributed by atoms with Gasteiger partial charge in [-0.25, -0.2) is 30.8 Å². The summed E-state index contributed by atoms with van der Waals surface area (Å²) in [5, 5.41) is 8.64. The first-order valence-electron chi connectivity index (χ1n) is 18.1. The lowest BCUT2D eigenvalue weighted by atomic mass is 10.1. The molecule has 0 amide bonds. The van der Waals surface area contributed by atoms with Crippen LogP contribution in [-0.4, -0.2) is 94.2 Å². The monoisotopic (exact) mass is 818 g/mol. The molecule has 0 spiro atoms. The number of methoxy groups -OCH3 is 1. The van der Waals surface area contributed by atoms with Crippen LogP contribution < -0.4 is 0 Å². The third-order valence-electron chi connectivity index (χ3n) is 9.68. The molecule has 0 atom stereocenters. The van der Waals surface area contributed by atoms with Gasteiger partial charge in [0, 0.05) is 38.3 Å². The molecule has 2 aliphatic rings. The molecular formula is C41H46F4N2O7S2. The zero-order valence-corrected chi connectivity index (χ0v) is 32.7. The average Bonchev–Trinajstić information content (AvgIpc) is 3.21. The molecule has 1 N–H and O–H groups in total. The van der Waals surface area contributed by atoms with Gasteiger partial charge in [0.15, 0.2) is 9.84 Å². The number of halogens is 4. The molecule has 2 heterocycles. The number of esters is 1. The van der Waals surface area contributed by atoms with Gasteiger partial charge in [0.25, 0.3) is 0 Å². The lowest BCUT2D eigenvalue weighted by Gasteiger charge is -2.31. The van der Waals surface area contributed by atoms with Crippen molar-refractivity contribution in [1.82, 2.24) is 9.80 Å². The predicted molar refractivity (Wildman–Crippen MR) is 207 cm³/mol. The van der Waals surface area contributed by atoms with Gasteiger partial charge >= 0.3 is 5.97 Å². The second-order valence-corrected chi connectivity index (χ2v) is 16.6. The van der Waals surface area contributed by atoms with Crippen LogP contribution in [0.3, 0.4) is 0 Å². The van der Waals surface area contributed by atoms with E-state index in [0.29, 0.717) is 105 Å². The van der Waals surface area contributed by atoms with Crippen molar-refractivity contribution in [1.29, 1.82) is 0 Å². The molecule has 4 aromatic rings. The summed E-state index contributed by atoms with van der Waals surface area (Å²) in [5.74, 6) is -2.52. The molecule has 56 heavy (non-hydrogen) atoms. The summed E-state index contributed by atoms with van der Waals surface area (Å²) in [7, 11) is -4.10. The minimum atomic E-state index is -3.40. The van der Waals surface area contributed by atoms with Crippen LogP contribution in [0.4, 0.5) is 17.6 Å². The van der Waals surface area contributed by atoms with Crippen LogP contribution in [0.25, 0.3) is 0 Å². The van der Waals surface area contributed by atoms with Crippen LogP contribution in [0.15, 0.2) is 95.9 Å². The van der Waals surface area contributed by atoms with Gasteiger partial charge < -0.3 is 19.6 Å². The van der Waals surface area contributed by atoms with Gasteiger partial charge in [-0.1, -0.05) is 42.5 Å². The Balaban J connectivity index is 0.000000207. The molecule has 2 fully saturated rings. The molecule has 9 nitrogen and oxygen atoms in total. The van der Waals surface area contributed by atoms with E-state index in [-0.39, 0.29) is 17.5 Å². The van der Waals surface area contributed by atoms with Crippen molar-refractivity contribution in [2.24, 2.45) is 0 Å². The molecule has 0 unspecified atom stereocenters. The summed E-state index contributed by atoms with van der Waals surface area (Å²) >= 11 is 0. The molecule has 0 radical (unpaired) electrons. The van der Waals surface area contributed by atoms with Gasteiger partial charge in [0.05, 0.1) is 34.3 Å². The number of hydrogen-bond donors (Lipinski definition) is 1. The Kier molecular flexibility index (Phi) is 17.2. The van der Waals surface area contributed by atoms with E-state index in [0.717, 1.165) is 12.1 Å². The minimum absolute atomic E-state index is 0.118. The van der Waals surface area contributed by atoms with Gasteiger partial charge in [-0.15, -0.1) is 0 Å². The fourth-order valence-corrected chi connectivity index (χ4v) is 8.56. The largest absolute Gasteiger partial charge is 0.465 e. The SMILES string of the molecule is COC(=O)c1ccccc1.O=S(=O)(c1ccc(CO)cc1)C1CCN(CCc2ccc(F)cc2F)CC1.O=S(=O)=C1CCN(CCc2ccc(F)cc2F)CC1. The lowest BCUT2D eigenvalue weighted by Crippen LogP contribution is -2.40. The highest BCUT2D eigenvalue weighted by molar-refractivity contribution is 7.92. The van der Waals surface area contributed by atoms with E-state index in [1.165, 1.54) is 31.4 Å². The normalized spacial score (nSPS) is 15.2. The fraction of sp³-hybridized carbons (Fsp3) is 0.366. The summed E-state index contributed by atoms with van der Waals surface area (Å²) in [6, 6.07) is 22.4. The van der Waals surface area contributed by atoms with Crippen molar-refractivity contribution >= 4 is 31.0 Å². The van der Waals surface area contributed by atoms with Crippen molar-refractivity contribution in [3.63, 3.8) is 0 Å². The molecule has 0 aromatic heterocycles. The summed E-state index contributed by atoms with van der Waals surface area (Å²) in [6.45, 7) is 3.75. The number of sulfone groups is 1. The molecule has 0 bridgehead atoms. The lowest BCUT2D eigenvalue weighted by molar-refractivity contribution is 0.0600. The standard InChI is InChI=1S/C20H23F2NO3S.C13H15F2NO2S.C8H8O2/c21-17-4-3-16(20(22)13-17)7-10-23-11-8-19(9-12-23)27(25,26)18-5-1-15(14-24)2-6-18;14-11-2-1-10(13(15)9-11)3-6-16-7-4-12(5-8-16)19(17)18;1-10-8(9)7-5-3-2-4-6-7/h1-6,13,19,24H,7-12,14H2;1-2,9H,3-8H2;2-6H,1H3. The number of nitrogens with zero attached hydrogens (tertiary/aromatic N) is 2. The fourth-order valence-electron chi connectivity index (χ4n) is 6.31. The number of rotatable bonds is 10. The number of benzene rings is 4. The van der Waals surface area contributed by atoms with Crippen molar-refractivity contribution < 1.29 is 49.0 Å². The van der Waals surface area contributed by atoms with Crippen molar-refractivity contribution in [2.45, 2.75) is 55.3 Å². The van der Waals surface area contributed by atoms with Crippen LogP contribution >= 0.6 is 0 Å². The summed E-state index contributed by atoms with van der Waals surface area (Å²) in [4.78, 5) is 15.8. The summed E-state index contributed by atoms with van der Waals surface area (Å²) < 4.78 is 104. The summed E-state index contributed by atoms with van der Waals surface area (Å²) in [5.41, 5.74) is 2.22. The maximum atomic E-state index is 13.7. The number of ether oxygens (including phenoxy) is 1. The Hall–Kier alpha value is -4.41. The Morgan fingerprint density at radius 2 is 1.25 bits per heavy atom. The quantitative estimate of drug-likeness (QED) is 0.116. The molecule has 302 valence electrons. The Morgan fingerprint density at radius 1 is 0.750 bits per heavy atom. The van der Waals surface area contributed by atoms with E-state index < -0.39 is 48.6 Å². The number of carbonyl (C=O) groups is 1. The van der Waals surface area contributed by atoms with E-state index in [1.807, 2.05) is 6.07 Å². The number of aliphatic hydroxyl groups excluding tert-OH is 1. The van der Waals surface area contributed by atoms with Crippen LogP contribution in [0, 0.1) is 23.3 Å². The Bertz CT molecular complexity index is 2130. The van der Waals surface area contributed by atoms with Gasteiger partial charge in [-0.05, 0) is 105 Å². The third kappa shape index (κ3) is 13.4. The zero-order chi connectivity index (χ0) is 40.7. The van der Waals surface area contributed by atoms with Crippen molar-refractivity contribution in [3.05, 3.63) is 137 Å². The number of carbonyl (C=O) groups excluding carboxylic acids is 1. The zero-order valence-electron chi connectivity index (χ0n) is 31.0. The van der Waals surface area contributed by atoms with E-state index in [1.54, 1.807) is 48.5 Å². The second kappa shape index (κ2) is 21.8. The first-order chi connectivity index (χ1) is 26.8. The molecule has 0 aliphatic carbocycles. The first-order valence-corrected chi connectivity index (χ1v) is 20.8. The highest BCUT2D eigenvalue weighted by Crippen LogP contribution is 2.25. The van der Waals surface area contributed by atoms with Crippen LogP contribution in [0.1, 0.15) is 52.7 Å². The van der Waals surface area contributed by atoms with Gasteiger partial charge in [0.1, 0.15) is 23.3 Å². The van der Waals surface area contributed by atoms with Gasteiger partial charge in [-0.2, -0.15) is 8.42 Å². The van der Waals surface area contributed by atoms with Crippen molar-refractivity contribution in [2.75, 3.05) is 46.4 Å². The minimum Gasteiger partial charge on any atom is -0.465 e.